The van der Waals surface area contributed by atoms with Crippen LogP contribution in [0.2, 0.25) is 0 Å². The number of hydrogen-bond donors (Lipinski definition) is 2. The Balaban J connectivity index is 1.76. The SMILES string of the molecule is N#CC1=C(N)Oc2n[nH]c(-c3cccnc3)c2[C@H]1c1cc2c(cc1Br)OCO2. The molecular formula is C19H12BrN5O3. The molecule has 0 bridgehead atoms. The number of hydrogen-bond acceptors (Lipinski definition) is 7. The van der Waals surface area contributed by atoms with Crippen LogP contribution in [0.5, 0.6) is 17.4 Å². The smallest absolute Gasteiger partial charge is 0.244 e. The van der Waals surface area contributed by atoms with Crippen LogP contribution in [0, 0.1) is 11.3 Å². The van der Waals surface area contributed by atoms with E-state index in [0.29, 0.717) is 34.2 Å². The fourth-order valence-electron chi connectivity index (χ4n) is 3.44. The number of nitrogens with one attached hydrogen (secondary N) is 1. The van der Waals surface area contributed by atoms with Gasteiger partial charge in [-0.05, 0) is 29.8 Å². The summed E-state index contributed by atoms with van der Waals surface area (Å²) in [6, 6.07) is 9.58. The van der Waals surface area contributed by atoms with Gasteiger partial charge in [-0.2, -0.15) is 5.26 Å². The van der Waals surface area contributed by atoms with Crippen LogP contribution >= 0.6 is 15.9 Å². The molecule has 9 heteroatoms. The number of nitrogens with zero attached hydrogens (tertiary/aromatic N) is 3. The molecule has 2 aliphatic heterocycles. The fourth-order valence-corrected chi connectivity index (χ4v) is 3.99. The Labute approximate surface area is 167 Å². The molecule has 2 aromatic heterocycles. The first-order chi connectivity index (χ1) is 13.7. The number of pyridine rings is 1. The fraction of sp³-hybridized carbons (Fsp3) is 0.105. The number of nitriles is 1. The van der Waals surface area contributed by atoms with Crippen molar-refractivity contribution in [1.29, 1.82) is 5.26 Å². The van der Waals surface area contributed by atoms with E-state index in [4.69, 9.17) is 19.9 Å². The van der Waals surface area contributed by atoms with E-state index in [0.717, 1.165) is 15.6 Å². The zero-order valence-electron chi connectivity index (χ0n) is 14.3. The molecule has 2 aliphatic rings. The summed E-state index contributed by atoms with van der Waals surface area (Å²) in [6.45, 7) is 0.153. The molecule has 0 saturated heterocycles. The number of H-pyrrole nitrogens is 1. The lowest BCUT2D eigenvalue weighted by molar-refractivity contribution is 0.174. The number of fused-ring (bicyclic) bond motifs is 2. The maximum Gasteiger partial charge on any atom is 0.244 e. The van der Waals surface area contributed by atoms with E-state index >= 15 is 0 Å². The molecule has 0 unspecified atom stereocenters. The number of aromatic nitrogens is 3. The van der Waals surface area contributed by atoms with Crippen LogP contribution < -0.4 is 19.9 Å². The van der Waals surface area contributed by atoms with Gasteiger partial charge in [-0.15, -0.1) is 5.10 Å². The Morgan fingerprint density at radius 1 is 1.29 bits per heavy atom. The van der Waals surface area contributed by atoms with Crippen molar-refractivity contribution in [2.45, 2.75) is 5.92 Å². The maximum absolute atomic E-state index is 9.82. The van der Waals surface area contributed by atoms with Gasteiger partial charge >= 0.3 is 0 Å². The van der Waals surface area contributed by atoms with Crippen molar-refractivity contribution in [3.05, 3.63) is 63.7 Å². The molecule has 8 nitrogen and oxygen atoms in total. The molecule has 0 radical (unpaired) electrons. The van der Waals surface area contributed by atoms with Crippen molar-refractivity contribution in [2.24, 2.45) is 5.73 Å². The van der Waals surface area contributed by atoms with Crippen molar-refractivity contribution in [1.82, 2.24) is 15.2 Å². The van der Waals surface area contributed by atoms with Crippen molar-refractivity contribution < 1.29 is 14.2 Å². The number of rotatable bonds is 2. The minimum Gasteiger partial charge on any atom is -0.454 e. The minimum absolute atomic E-state index is 0.0220. The Morgan fingerprint density at radius 3 is 2.86 bits per heavy atom. The third-order valence-corrected chi connectivity index (χ3v) is 5.38. The molecule has 5 rings (SSSR count). The molecule has 1 aromatic carbocycles. The van der Waals surface area contributed by atoms with E-state index in [1.807, 2.05) is 24.3 Å². The zero-order chi connectivity index (χ0) is 19.3. The predicted molar refractivity (Wildman–Crippen MR) is 101 cm³/mol. The lowest BCUT2D eigenvalue weighted by Gasteiger charge is -2.25. The third-order valence-electron chi connectivity index (χ3n) is 4.69. The van der Waals surface area contributed by atoms with Gasteiger partial charge in [0.2, 0.25) is 18.6 Å². The van der Waals surface area contributed by atoms with Gasteiger partial charge in [0.15, 0.2) is 11.5 Å². The maximum atomic E-state index is 9.82. The second-order valence-electron chi connectivity index (χ2n) is 6.21. The highest BCUT2D eigenvalue weighted by Crippen LogP contribution is 2.49. The average molecular weight is 438 g/mol. The first-order valence-corrected chi connectivity index (χ1v) is 9.12. The first-order valence-electron chi connectivity index (χ1n) is 8.32. The second-order valence-corrected chi connectivity index (χ2v) is 7.07. The van der Waals surface area contributed by atoms with Crippen molar-refractivity contribution >= 4 is 15.9 Å². The van der Waals surface area contributed by atoms with Crippen LogP contribution in [0.25, 0.3) is 11.3 Å². The zero-order valence-corrected chi connectivity index (χ0v) is 15.9. The number of halogens is 1. The molecule has 28 heavy (non-hydrogen) atoms. The van der Waals surface area contributed by atoms with Gasteiger partial charge in [-0.25, -0.2) is 0 Å². The Morgan fingerprint density at radius 2 is 2.11 bits per heavy atom. The predicted octanol–water partition coefficient (Wildman–Crippen LogP) is 3.18. The molecule has 1 atom stereocenters. The minimum atomic E-state index is -0.508. The number of allylic oxidation sites excluding steroid dienone is 1. The van der Waals surface area contributed by atoms with Crippen molar-refractivity contribution in [2.75, 3.05) is 6.79 Å². The number of aromatic amines is 1. The molecule has 3 N–H and O–H groups in total. The topological polar surface area (TPSA) is 119 Å². The first kappa shape index (κ1) is 16.6. The largest absolute Gasteiger partial charge is 0.454 e. The monoisotopic (exact) mass is 437 g/mol. The van der Waals surface area contributed by atoms with Gasteiger partial charge in [-0.3, -0.25) is 10.1 Å². The third kappa shape index (κ3) is 2.42. The van der Waals surface area contributed by atoms with Crippen molar-refractivity contribution in [3.8, 4) is 34.7 Å². The summed E-state index contributed by atoms with van der Waals surface area (Å²) in [7, 11) is 0. The van der Waals surface area contributed by atoms with Gasteiger partial charge in [-0.1, -0.05) is 15.9 Å². The van der Waals surface area contributed by atoms with Crippen LogP contribution in [0.15, 0.2) is 52.6 Å². The summed E-state index contributed by atoms with van der Waals surface area (Å²) in [4.78, 5) is 4.17. The van der Waals surface area contributed by atoms with Crippen LogP contribution in [0.1, 0.15) is 17.0 Å². The van der Waals surface area contributed by atoms with Gasteiger partial charge in [0.05, 0.1) is 17.2 Å². The molecule has 4 heterocycles. The Kier molecular flexibility index (Phi) is 3.74. The van der Waals surface area contributed by atoms with E-state index in [2.05, 4.69) is 37.2 Å². The van der Waals surface area contributed by atoms with Gasteiger partial charge in [0, 0.05) is 22.4 Å². The molecule has 3 aromatic rings. The summed E-state index contributed by atoms with van der Waals surface area (Å²) in [6.07, 6.45) is 3.40. The van der Waals surface area contributed by atoms with E-state index in [9.17, 15) is 5.26 Å². The highest BCUT2D eigenvalue weighted by molar-refractivity contribution is 9.10. The van der Waals surface area contributed by atoms with E-state index < -0.39 is 5.92 Å². The lowest BCUT2D eigenvalue weighted by atomic mass is 9.83. The standard InChI is InChI=1S/C19H12BrN5O3/c20-12-5-14-13(26-8-27-14)4-10(12)15-11(6-21)18(22)28-19-16(15)17(24-25-19)9-2-1-3-23-7-9/h1-5,7,15H,8,22H2,(H,24,25)/t15-/m0/s1. The summed E-state index contributed by atoms with van der Waals surface area (Å²) >= 11 is 3.59. The van der Waals surface area contributed by atoms with Crippen LogP contribution in [0.3, 0.4) is 0 Å². The van der Waals surface area contributed by atoms with Crippen LogP contribution in [0.4, 0.5) is 0 Å². The molecule has 138 valence electrons. The molecule has 0 spiro atoms. The summed E-state index contributed by atoms with van der Waals surface area (Å²) < 4.78 is 17.3. The molecule has 0 fully saturated rings. The van der Waals surface area contributed by atoms with E-state index in [1.54, 1.807) is 12.4 Å². The summed E-state index contributed by atoms with van der Waals surface area (Å²) in [5, 5.41) is 17.1. The van der Waals surface area contributed by atoms with E-state index in [1.165, 1.54) is 0 Å². The molecule has 0 saturated carbocycles. The quantitative estimate of drug-likeness (QED) is 0.631. The Hall–Kier alpha value is -3.51. The van der Waals surface area contributed by atoms with Gasteiger partial charge < -0.3 is 19.9 Å². The van der Waals surface area contributed by atoms with E-state index in [-0.39, 0.29) is 12.7 Å². The number of nitrogens with two attached hydrogens (primary N) is 1. The molecule has 0 amide bonds. The summed E-state index contributed by atoms with van der Waals surface area (Å²) in [5.41, 5.74) is 9.35. The van der Waals surface area contributed by atoms with Crippen molar-refractivity contribution in [3.63, 3.8) is 0 Å². The lowest BCUT2D eigenvalue weighted by Crippen LogP contribution is -2.21. The van der Waals surface area contributed by atoms with Gasteiger partial charge in [0.25, 0.3) is 0 Å². The van der Waals surface area contributed by atoms with Gasteiger partial charge in [0.1, 0.15) is 11.6 Å². The Bertz CT molecular complexity index is 1170. The normalized spacial score (nSPS) is 17.1. The number of benzene rings is 1. The highest BCUT2D eigenvalue weighted by atomic mass is 79.9. The molecule has 0 aliphatic carbocycles. The second kappa shape index (κ2) is 6.28. The molecular weight excluding hydrogens is 426 g/mol. The number of ether oxygens (including phenoxy) is 3. The highest BCUT2D eigenvalue weighted by Gasteiger charge is 2.37. The summed E-state index contributed by atoms with van der Waals surface area (Å²) in [5.74, 6) is 1.08. The van der Waals surface area contributed by atoms with Crippen LogP contribution in [-0.2, 0) is 0 Å². The average Bonchev–Trinajstić information content (AvgIpc) is 3.33. The van der Waals surface area contributed by atoms with Crippen LogP contribution in [-0.4, -0.2) is 22.0 Å².